The maximum absolute atomic E-state index is 9.23. The van der Waals surface area contributed by atoms with Gasteiger partial charge in [-0.05, 0) is 43.0 Å². The van der Waals surface area contributed by atoms with Gasteiger partial charge in [-0.15, -0.1) is 0 Å². The lowest BCUT2D eigenvalue weighted by Gasteiger charge is -2.09. The van der Waals surface area contributed by atoms with Gasteiger partial charge in [0.25, 0.3) is 0 Å². The number of aryl methyl sites for hydroxylation is 2. The molecule has 1 aliphatic rings. The molecule has 0 radical (unpaired) electrons. The molecule has 0 amide bonds. The number of nitrogen functional groups attached to an aromatic ring is 1. The molecule has 0 bridgehead atoms. The molecule has 0 saturated heterocycles. The molecule has 1 aromatic carbocycles. The molecule has 1 aromatic heterocycles. The van der Waals surface area contributed by atoms with Gasteiger partial charge in [0.05, 0.1) is 0 Å². The second-order valence-electron chi connectivity index (χ2n) is 4.73. The lowest BCUT2D eigenvalue weighted by molar-refractivity contribution is 0.459. The highest BCUT2D eigenvalue weighted by atomic mass is 79.9. The van der Waals surface area contributed by atoms with Gasteiger partial charge in [-0.25, -0.2) is 4.98 Å². The molecule has 2 aromatic rings. The average molecular weight is 330 g/mol. The largest absolute Gasteiger partial charge is 0.438 e. The Morgan fingerprint density at radius 2 is 2.10 bits per heavy atom. The molecule has 0 saturated carbocycles. The van der Waals surface area contributed by atoms with Gasteiger partial charge in [-0.1, -0.05) is 15.9 Å². The van der Waals surface area contributed by atoms with Crippen molar-refractivity contribution in [2.24, 2.45) is 0 Å². The van der Waals surface area contributed by atoms with E-state index in [1.54, 1.807) is 18.2 Å². The number of rotatable bonds is 2. The van der Waals surface area contributed by atoms with Crippen LogP contribution in [0.2, 0.25) is 0 Å². The lowest BCUT2D eigenvalue weighted by atomic mass is 10.1. The van der Waals surface area contributed by atoms with E-state index < -0.39 is 0 Å². The van der Waals surface area contributed by atoms with Crippen LogP contribution < -0.4 is 10.5 Å². The first-order valence-electron chi connectivity index (χ1n) is 6.32. The molecule has 0 aliphatic heterocycles. The van der Waals surface area contributed by atoms with Crippen LogP contribution in [0, 0.1) is 11.3 Å². The Kier molecular flexibility index (Phi) is 3.33. The van der Waals surface area contributed by atoms with Gasteiger partial charge in [-0.3, -0.25) is 0 Å². The van der Waals surface area contributed by atoms with Crippen molar-refractivity contribution in [3.05, 3.63) is 45.6 Å². The molecule has 4 nitrogen and oxygen atoms in total. The number of fused-ring (bicyclic) bond motifs is 1. The number of ether oxygens (including phenoxy) is 1. The van der Waals surface area contributed by atoms with E-state index in [0.29, 0.717) is 22.9 Å². The Labute approximate surface area is 125 Å². The molecule has 0 spiro atoms. The molecule has 20 heavy (non-hydrogen) atoms. The second kappa shape index (κ2) is 5.14. The van der Waals surface area contributed by atoms with Gasteiger partial charge in [0.15, 0.2) is 0 Å². The van der Waals surface area contributed by atoms with Gasteiger partial charge >= 0.3 is 0 Å². The van der Waals surface area contributed by atoms with Crippen LogP contribution in [0.5, 0.6) is 11.6 Å². The number of hydrogen-bond acceptors (Lipinski definition) is 4. The third-order valence-corrected chi connectivity index (χ3v) is 3.70. The van der Waals surface area contributed by atoms with Crippen LogP contribution in [-0.4, -0.2) is 4.98 Å². The van der Waals surface area contributed by atoms with Crippen LogP contribution >= 0.6 is 15.9 Å². The molecule has 2 N–H and O–H groups in total. The van der Waals surface area contributed by atoms with E-state index in [0.717, 1.165) is 35.0 Å². The zero-order valence-corrected chi connectivity index (χ0v) is 12.3. The number of nitrogens with zero attached hydrogens (tertiary/aromatic N) is 2. The van der Waals surface area contributed by atoms with E-state index in [4.69, 9.17) is 10.5 Å². The Bertz CT molecular complexity index is 702. The summed E-state index contributed by atoms with van der Waals surface area (Å²) in [5.74, 6) is 0.921. The smallest absolute Gasteiger partial charge is 0.237 e. The quantitative estimate of drug-likeness (QED) is 0.854. The Hall–Kier alpha value is -2.06. The lowest BCUT2D eigenvalue weighted by Crippen LogP contribution is -1.97. The highest BCUT2D eigenvalue weighted by Gasteiger charge is 2.17. The molecular formula is C15H12BrN3O. The summed E-state index contributed by atoms with van der Waals surface area (Å²) in [5, 5.41) is 9.23. The van der Waals surface area contributed by atoms with Crippen LogP contribution in [0.3, 0.4) is 0 Å². The van der Waals surface area contributed by atoms with Crippen molar-refractivity contribution in [1.29, 1.82) is 5.26 Å². The van der Waals surface area contributed by atoms with Crippen molar-refractivity contribution in [2.45, 2.75) is 19.3 Å². The number of nitriles is 1. The Balaban J connectivity index is 2.00. The standard InChI is InChI=1S/C15H12BrN3O/c16-11-5-12(18)7-13(6-11)20-15-10(8-17)4-9-2-1-3-14(9)19-15/h4-7H,1-3,18H2. The molecule has 100 valence electrons. The maximum Gasteiger partial charge on any atom is 0.237 e. The minimum absolute atomic E-state index is 0.352. The third-order valence-electron chi connectivity index (χ3n) is 3.24. The van der Waals surface area contributed by atoms with Gasteiger partial charge in [0.1, 0.15) is 17.4 Å². The number of pyridine rings is 1. The third kappa shape index (κ3) is 2.47. The number of aromatic nitrogens is 1. The van der Waals surface area contributed by atoms with Crippen molar-refractivity contribution in [2.75, 3.05) is 5.73 Å². The van der Waals surface area contributed by atoms with Crippen LogP contribution in [0.1, 0.15) is 23.2 Å². The second-order valence-corrected chi connectivity index (χ2v) is 5.65. The van der Waals surface area contributed by atoms with E-state index in [2.05, 4.69) is 27.0 Å². The van der Waals surface area contributed by atoms with Crippen molar-refractivity contribution in [3.8, 4) is 17.7 Å². The number of halogens is 1. The summed E-state index contributed by atoms with van der Waals surface area (Å²) in [6.07, 6.45) is 3.01. The predicted molar refractivity (Wildman–Crippen MR) is 79.6 cm³/mol. The minimum Gasteiger partial charge on any atom is -0.438 e. The molecule has 0 atom stereocenters. The first-order chi connectivity index (χ1) is 9.65. The number of anilines is 1. The summed E-state index contributed by atoms with van der Waals surface area (Å²) in [5.41, 5.74) is 9.02. The summed E-state index contributed by atoms with van der Waals surface area (Å²) < 4.78 is 6.57. The first kappa shape index (κ1) is 12.9. The summed E-state index contributed by atoms with van der Waals surface area (Å²) in [4.78, 5) is 4.48. The Morgan fingerprint density at radius 3 is 2.85 bits per heavy atom. The summed E-state index contributed by atoms with van der Waals surface area (Å²) in [7, 11) is 0. The summed E-state index contributed by atoms with van der Waals surface area (Å²) in [6.45, 7) is 0. The molecule has 3 rings (SSSR count). The zero-order valence-electron chi connectivity index (χ0n) is 10.7. The number of nitrogens with two attached hydrogens (primary N) is 1. The fourth-order valence-corrected chi connectivity index (χ4v) is 2.86. The van der Waals surface area contributed by atoms with E-state index in [-0.39, 0.29) is 0 Å². The SMILES string of the molecule is N#Cc1cc2c(nc1Oc1cc(N)cc(Br)c1)CCC2. The number of hydrogen-bond donors (Lipinski definition) is 1. The van der Waals surface area contributed by atoms with Crippen LogP contribution in [0.4, 0.5) is 5.69 Å². The molecule has 5 heteroatoms. The molecule has 1 heterocycles. The van der Waals surface area contributed by atoms with E-state index >= 15 is 0 Å². The van der Waals surface area contributed by atoms with E-state index in [1.165, 1.54) is 0 Å². The molecule has 0 unspecified atom stereocenters. The first-order valence-corrected chi connectivity index (χ1v) is 7.12. The summed E-state index contributed by atoms with van der Waals surface area (Å²) >= 11 is 3.37. The zero-order chi connectivity index (χ0) is 14.1. The van der Waals surface area contributed by atoms with Crippen LogP contribution in [-0.2, 0) is 12.8 Å². The molecule has 1 aliphatic carbocycles. The molecule has 0 fully saturated rings. The van der Waals surface area contributed by atoms with E-state index in [1.807, 2.05) is 6.07 Å². The minimum atomic E-state index is 0.352. The highest BCUT2D eigenvalue weighted by molar-refractivity contribution is 9.10. The van der Waals surface area contributed by atoms with Gasteiger partial charge in [-0.2, -0.15) is 5.26 Å². The summed E-state index contributed by atoms with van der Waals surface area (Å²) in [6, 6.07) is 9.32. The van der Waals surface area contributed by atoms with Crippen molar-refractivity contribution in [1.82, 2.24) is 4.98 Å². The highest BCUT2D eigenvalue weighted by Crippen LogP contribution is 2.31. The van der Waals surface area contributed by atoms with Gasteiger partial charge in [0.2, 0.25) is 5.88 Å². The molecular weight excluding hydrogens is 318 g/mol. The number of benzene rings is 1. The van der Waals surface area contributed by atoms with Crippen LogP contribution in [0.25, 0.3) is 0 Å². The van der Waals surface area contributed by atoms with Gasteiger partial charge < -0.3 is 10.5 Å². The topological polar surface area (TPSA) is 71.9 Å². The Morgan fingerprint density at radius 1 is 1.25 bits per heavy atom. The van der Waals surface area contributed by atoms with Crippen molar-refractivity contribution in [3.63, 3.8) is 0 Å². The average Bonchev–Trinajstić information content (AvgIpc) is 2.83. The van der Waals surface area contributed by atoms with Gasteiger partial charge in [0, 0.05) is 21.9 Å². The monoisotopic (exact) mass is 329 g/mol. The van der Waals surface area contributed by atoms with E-state index in [9.17, 15) is 5.26 Å². The predicted octanol–water partition coefficient (Wildman–Crippen LogP) is 3.58. The van der Waals surface area contributed by atoms with Crippen molar-refractivity contribution >= 4 is 21.6 Å². The fourth-order valence-electron chi connectivity index (χ4n) is 2.37. The normalized spacial score (nSPS) is 12.8. The maximum atomic E-state index is 9.23. The van der Waals surface area contributed by atoms with Crippen LogP contribution in [0.15, 0.2) is 28.7 Å². The van der Waals surface area contributed by atoms with Crippen molar-refractivity contribution < 1.29 is 4.74 Å². The fraction of sp³-hybridized carbons (Fsp3) is 0.200.